The molecule has 0 aliphatic heterocycles. The number of benzene rings is 1. The standard InChI is InChI=1S/C22H31N3O4/c1-7-29-21(26)18-17(22(18,2)3)13-24-19(20-23-8-9-25(20)4)14-10-15(27-5)12-16(11-14)28-6/h8-12,17-19,24H,7,13H2,1-6H3/t17-,18-,19-/m0/s1. The van der Waals surface area contributed by atoms with Crippen molar-refractivity contribution < 1.29 is 19.0 Å². The minimum Gasteiger partial charge on any atom is -0.497 e. The van der Waals surface area contributed by atoms with Crippen molar-refractivity contribution in [2.24, 2.45) is 24.3 Å². The van der Waals surface area contributed by atoms with Crippen LogP contribution in [0, 0.1) is 17.3 Å². The van der Waals surface area contributed by atoms with Gasteiger partial charge in [0.1, 0.15) is 17.3 Å². The van der Waals surface area contributed by atoms with Gasteiger partial charge in [-0.05, 0) is 36.0 Å². The van der Waals surface area contributed by atoms with Gasteiger partial charge in [0.25, 0.3) is 0 Å². The molecule has 3 atom stereocenters. The van der Waals surface area contributed by atoms with Crippen LogP contribution in [0.3, 0.4) is 0 Å². The molecule has 0 spiro atoms. The Morgan fingerprint density at radius 1 is 1.24 bits per heavy atom. The summed E-state index contributed by atoms with van der Waals surface area (Å²) in [5.41, 5.74) is 0.902. The summed E-state index contributed by atoms with van der Waals surface area (Å²) in [5.74, 6) is 2.33. The van der Waals surface area contributed by atoms with Crippen LogP contribution in [-0.4, -0.2) is 42.9 Å². The molecule has 0 unspecified atom stereocenters. The second-order valence-electron chi connectivity index (χ2n) is 8.04. The molecule has 2 aromatic rings. The molecule has 1 aliphatic rings. The van der Waals surface area contributed by atoms with Crippen LogP contribution in [0.15, 0.2) is 30.6 Å². The number of hydrogen-bond donors (Lipinski definition) is 1. The molecule has 3 rings (SSSR count). The topological polar surface area (TPSA) is 74.6 Å². The molecular weight excluding hydrogens is 370 g/mol. The Bertz CT molecular complexity index is 839. The molecule has 1 heterocycles. The summed E-state index contributed by atoms with van der Waals surface area (Å²) in [6.07, 6.45) is 3.70. The third-order valence-corrected chi connectivity index (χ3v) is 5.96. The lowest BCUT2D eigenvalue weighted by Gasteiger charge is -2.21. The predicted molar refractivity (Wildman–Crippen MR) is 110 cm³/mol. The Labute approximate surface area is 172 Å². The van der Waals surface area contributed by atoms with E-state index < -0.39 is 0 Å². The second-order valence-corrected chi connectivity index (χ2v) is 8.04. The van der Waals surface area contributed by atoms with Gasteiger partial charge in [-0.15, -0.1) is 0 Å². The number of ether oxygens (including phenoxy) is 3. The van der Waals surface area contributed by atoms with Crippen molar-refractivity contribution in [3.63, 3.8) is 0 Å². The number of aromatic nitrogens is 2. The first-order chi connectivity index (χ1) is 13.8. The molecule has 0 radical (unpaired) electrons. The number of carbonyl (C=O) groups is 1. The van der Waals surface area contributed by atoms with E-state index in [-0.39, 0.29) is 29.3 Å². The lowest BCUT2D eigenvalue weighted by Crippen LogP contribution is -2.28. The predicted octanol–water partition coefficient (Wildman–Crippen LogP) is 2.95. The molecule has 0 saturated heterocycles. The molecule has 1 aromatic carbocycles. The second kappa shape index (κ2) is 8.45. The first-order valence-corrected chi connectivity index (χ1v) is 9.93. The van der Waals surface area contributed by atoms with Crippen molar-refractivity contribution in [1.29, 1.82) is 0 Å². The van der Waals surface area contributed by atoms with E-state index in [1.807, 2.05) is 42.9 Å². The van der Waals surface area contributed by atoms with Crippen LogP contribution in [0.25, 0.3) is 0 Å². The van der Waals surface area contributed by atoms with Crippen LogP contribution in [0.2, 0.25) is 0 Å². The highest BCUT2D eigenvalue weighted by Crippen LogP contribution is 2.58. The summed E-state index contributed by atoms with van der Waals surface area (Å²) in [6.45, 7) is 7.16. The summed E-state index contributed by atoms with van der Waals surface area (Å²) in [4.78, 5) is 16.8. The Morgan fingerprint density at radius 2 is 1.90 bits per heavy atom. The molecule has 7 heteroatoms. The Morgan fingerprint density at radius 3 is 2.41 bits per heavy atom. The van der Waals surface area contributed by atoms with Crippen LogP contribution in [0.4, 0.5) is 0 Å². The van der Waals surface area contributed by atoms with E-state index in [2.05, 4.69) is 24.1 Å². The minimum atomic E-state index is -0.168. The zero-order valence-electron chi connectivity index (χ0n) is 18.1. The van der Waals surface area contributed by atoms with Crippen molar-refractivity contribution in [2.45, 2.75) is 26.8 Å². The average Bonchev–Trinajstić information content (AvgIpc) is 3.00. The molecule has 29 heavy (non-hydrogen) atoms. The summed E-state index contributed by atoms with van der Waals surface area (Å²) < 4.78 is 18.1. The van der Waals surface area contributed by atoms with Crippen LogP contribution >= 0.6 is 0 Å². The fourth-order valence-electron chi connectivity index (χ4n) is 4.08. The van der Waals surface area contributed by atoms with Gasteiger partial charge >= 0.3 is 5.97 Å². The molecule has 7 nitrogen and oxygen atoms in total. The highest BCUT2D eigenvalue weighted by molar-refractivity contribution is 5.77. The average molecular weight is 402 g/mol. The van der Waals surface area contributed by atoms with E-state index in [9.17, 15) is 4.79 Å². The van der Waals surface area contributed by atoms with Crippen molar-refractivity contribution in [1.82, 2.24) is 14.9 Å². The van der Waals surface area contributed by atoms with E-state index in [1.165, 1.54) is 0 Å². The van der Waals surface area contributed by atoms with Crippen molar-refractivity contribution >= 4 is 5.97 Å². The number of nitrogens with zero attached hydrogens (tertiary/aromatic N) is 2. The molecule has 0 amide bonds. The highest BCUT2D eigenvalue weighted by atomic mass is 16.5. The smallest absolute Gasteiger partial charge is 0.309 e. The number of carbonyl (C=O) groups excluding carboxylic acids is 1. The summed E-state index contributed by atoms with van der Waals surface area (Å²) in [5, 5.41) is 3.62. The first kappa shape index (κ1) is 21.2. The number of nitrogens with one attached hydrogen (secondary N) is 1. The third-order valence-electron chi connectivity index (χ3n) is 5.96. The summed E-state index contributed by atoms with van der Waals surface area (Å²) in [6, 6.07) is 5.64. The van der Waals surface area contributed by atoms with Crippen molar-refractivity contribution in [3.8, 4) is 11.5 Å². The fraction of sp³-hybridized carbons (Fsp3) is 0.545. The number of hydrogen-bond acceptors (Lipinski definition) is 6. The van der Waals surface area contributed by atoms with Crippen LogP contribution < -0.4 is 14.8 Å². The number of methoxy groups -OCH3 is 2. The molecule has 1 aliphatic carbocycles. The molecule has 1 aromatic heterocycles. The number of aryl methyl sites for hydroxylation is 1. The van der Waals surface area contributed by atoms with Gasteiger partial charge in [0.2, 0.25) is 0 Å². The van der Waals surface area contributed by atoms with Gasteiger partial charge in [0.15, 0.2) is 0 Å². The van der Waals surface area contributed by atoms with E-state index in [0.717, 1.165) is 22.9 Å². The maximum atomic E-state index is 12.3. The summed E-state index contributed by atoms with van der Waals surface area (Å²) in [7, 11) is 5.24. The number of esters is 1. The monoisotopic (exact) mass is 401 g/mol. The number of imidazole rings is 1. The van der Waals surface area contributed by atoms with Gasteiger partial charge in [-0.2, -0.15) is 0 Å². The van der Waals surface area contributed by atoms with Gasteiger partial charge in [-0.3, -0.25) is 4.79 Å². The molecule has 1 saturated carbocycles. The maximum Gasteiger partial charge on any atom is 0.309 e. The van der Waals surface area contributed by atoms with E-state index in [0.29, 0.717) is 13.2 Å². The lowest BCUT2D eigenvalue weighted by molar-refractivity contribution is -0.145. The van der Waals surface area contributed by atoms with Gasteiger partial charge in [-0.25, -0.2) is 4.98 Å². The highest BCUT2D eigenvalue weighted by Gasteiger charge is 2.62. The molecular formula is C22H31N3O4. The minimum absolute atomic E-state index is 0.0858. The molecule has 1 N–H and O–H groups in total. The molecule has 0 bridgehead atoms. The normalized spacial score (nSPS) is 20.8. The Balaban J connectivity index is 1.85. The first-order valence-electron chi connectivity index (χ1n) is 9.93. The molecule has 158 valence electrons. The van der Waals surface area contributed by atoms with Gasteiger partial charge < -0.3 is 24.1 Å². The molecule has 1 fully saturated rings. The fourth-order valence-corrected chi connectivity index (χ4v) is 4.08. The largest absolute Gasteiger partial charge is 0.497 e. The quantitative estimate of drug-likeness (QED) is 0.651. The third kappa shape index (κ3) is 4.24. The van der Waals surface area contributed by atoms with Gasteiger partial charge in [0.05, 0.1) is 32.8 Å². The Hall–Kier alpha value is -2.54. The zero-order valence-corrected chi connectivity index (χ0v) is 18.1. The Kier molecular flexibility index (Phi) is 6.17. The van der Waals surface area contributed by atoms with E-state index >= 15 is 0 Å². The maximum absolute atomic E-state index is 12.3. The van der Waals surface area contributed by atoms with E-state index in [1.54, 1.807) is 20.4 Å². The van der Waals surface area contributed by atoms with Crippen molar-refractivity contribution in [2.75, 3.05) is 27.4 Å². The van der Waals surface area contributed by atoms with Gasteiger partial charge in [0, 0.05) is 32.1 Å². The van der Waals surface area contributed by atoms with Crippen LogP contribution in [-0.2, 0) is 16.6 Å². The zero-order chi connectivity index (χ0) is 21.2. The summed E-state index contributed by atoms with van der Waals surface area (Å²) >= 11 is 0. The van der Waals surface area contributed by atoms with Crippen LogP contribution in [0.5, 0.6) is 11.5 Å². The number of rotatable bonds is 9. The van der Waals surface area contributed by atoms with Crippen LogP contribution in [0.1, 0.15) is 38.2 Å². The lowest BCUT2D eigenvalue weighted by atomic mass is 10.0. The SMILES string of the molecule is CCOC(=O)[C@@H]1[C@H](CN[C@@H](c2cc(OC)cc(OC)c2)c2nccn2C)C1(C)C. The van der Waals surface area contributed by atoms with E-state index in [4.69, 9.17) is 14.2 Å². The van der Waals surface area contributed by atoms with Gasteiger partial charge in [-0.1, -0.05) is 13.8 Å². The van der Waals surface area contributed by atoms with Crippen molar-refractivity contribution in [3.05, 3.63) is 42.0 Å².